The number of methoxy groups -OCH3 is 3. The molecule has 7 nitrogen and oxygen atoms in total. The van der Waals surface area contributed by atoms with E-state index in [4.69, 9.17) is 14.2 Å². The Morgan fingerprint density at radius 1 is 0.920 bits per heavy atom. The zero-order valence-corrected chi connectivity index (χ0v) is 14.8. The number of rotatable bonds is 4. The van der Waals surface area contributed by atoms with Gasteiger partial charge >= 0.3 is 0 Å². The number of benzene rings is 1. The molecule has 7 heteroatoms. The summed E-state index contributed by atoms with van der Waals surface area (Å²) in [6.07, 6.45) is -0.351. The van der Waals surface area contributed by atoms with Gasteiger partial charge in [0.1, 0.15) is 5.75 Å². The number of hydrogen-bond acceptors (Lipinski definition) is 6. The normalized spacial score (nSPS) is 28.4. The molecule has 1 amide bonds. The predicted molar refractivity (Wildman–Crippen MR) is 90.2 cm³/mol. The van der Waals surface area contributed by atoms with Crippen LogP contribution in [0.1, 0.15) is 23.2 Å². The molecule has 3 rings (SSSR count). The van der Waals surface area contributed by atoms with Crippen molar-refractivity contribution >= 4 is 5.91 Å². The maximum absolute atomic E-state index is 13.0. The topological polar surface area (TPSA) is 88.5 Å². The van der Waals surface area contributed by atoms with Gasteiger partial charge in [-0.1, -0.05) is 0 Å². The Labute approximate surface area is 147 Å². The summed E-state index contributed by atoms with van der Waals surface area (Å²) in [6.45, 7) is 1.15. The number of hydrogen-bond donors (Lipinski definition) is 2. The van der Waals surface area contributed by atoms with Crippen molar-refractivity contribution in [3.63, 3.8) is 0 Å². The van der Waals surface area contributed by atoms with Crippen molar-refractivity contribution in [2.45, 2.75) is 25.0 Å². The van der Waals surface area contributed by atoms with E-state index in [0.29, 0.717) is 48.7 Å². The Morgan fingerprint density at radius 3 is 1.88 bits per heavy atom. The van der Waals surface area contributed by atoms with E-state index in [0.717, 1.165) is 0 Å². The molecule has 1 aromatic carbocycles. The lowest BCUT2D eigenvalue weighted by Crippen LogP contribution is -2.38. The molecule has 1 aliphatic heterocycles. The third-order valence-electron chi connectivity index (χ3n) is 5.33. The molecular weight excluding hydrogens is 326 g/mol. The number of carbonyl (C=O) groups is 1. The second-order valence-electron chi connectivity index (χ2n) is 6.74. The Balaban J connectivity index is 1.84. The fraction of sp³-hybridized carbons (Fsp3) is 0.611. The minimum Gasteiger partial charge on any atom is -0.496 e. The Kier molecular flexibility index (Phi) is 5.06. The van der Waals surface area contributed by atoms with Crippen LogP contribution in [0.2, 0.25) is 0 Å². The van der Waals surface area contributed by atoms with Gasteiger partial charge in [-0.15, -0.1) is 0 Å². The first-order valence-corrected chi connectivity index (χ1v) is 8.43. The predicted octanol–water partition coefficient (Wildman–Crippen LogP) is 0.916. The molecule has 1 heterocycles. The molecular formula is C18H25NO6. The van der Waals surface area contributed by atoms with Gasteiger partial charge in [-0.2, -0.15) is 0 Å². The van der Waals surface area contributed by atoms with Crippen molar-refractivity contribution in [1.29, 1.82) is 0 Å². The van der Waals surface area contributed by atoms with Crippen LogP contribution in [0, 0.1) is 11.8 Å². The van der Waals surface area contributed by atoms with Gasteiger partial charge in [0, 0.05) is 25.2 Å². The molecule has 1 aliphatic carbocycles. The number of aliphatic hydroxyl groups is 2. The molecule has 4 unspecified atom stereocenters. The van der Waals surface area contributed by atoms with Crippen LogP contribution in [0.3, 0.4) is 0 Å². The van der Waals surface area contributed by atoms with E-state index in [-0.39, 0.29) is 17.7 Å². The van der Waals surface area contributed by atoms with Gasteiger partial charge in [0.25, 0.3) is 5.91 Å². The Bertz CT molecular complexity index is 631. The van der Waals surface area contributed by atoms with E-state index in [9.17, 15) is 15.0 Å². The number of likely N-dealkylation sites (tertiary alicyclic amines) is 1. The summed E-state index contributed by atoms with van der Waals surface area (Å²) in [7, 11) is 4.56. The first-order chi connectivity index (χ1) is 12.0. The van der Waals surface area contributed by atoms with Crippen LogP contribution < -0.4 is 14.2 Å². The van der Waals surface area contributed by atoms with Crippen LogP contribution >= 0.6 is 0 Å². The van der Waals surface area contributed by atoms with Crippen molar-refractivity contribution in [3.05, 3.63) is 17.7 Å². The van der Waals surface area contributed by atoms with Gasteiger partial charge in [0.15, 0.2) is 11.5 Å². The SMILES string of the molecule is COc1cc(OC)c(C(=O)N2CC3CC(O)C(O)CC3C2)cc1OC. The molecule has 4 atom stereocenters. The third-order valence-corrected chi connectivity index (χ3v) is 5.33. The average Bonchev–Trinajstić information content (AvgIpc) is 3.02. The average molecular weight is 351 g/mol. The minimum absolute atomic E-state index is 0.142. The second kappa shape index (κ2) is 7.09. The highest BCUT2D eigenvalue weighted by molar-refractivity contribution is 5.98. The smallest absolute Gasteiger partial charge is 0.257 e. The van der Waals surface area contributed by atoms with Crippen molar-refractivity contribution in [2.75, 3.05) is 34.4 Å². The van der Waals surface area contributed by atoms with E-state index in [1.165, 1.54) is 21.3 Å². The van der Waals surface area contributed by atoms with E-state index < -0.39 is 12.2 Å². The first-order valence-electron chi connectivity index (χ1n) is 8.43. The molecule has 1 saturated carbocycles. The van der Waals surface area contributed by atoms with Gasteiger partial charge in [-0.25, -0.2) is 0 Å². The van der Waals surface area contributed by atoms with Crippen LogP contribution in [0.5, 0.6) is 17.2 Å². The van der Waals surface area contributed by atoms with Crippen LogP contribution in [0.25, 0.3) is 0 Å². The summed E-state index contributed by atoms with van der Waals surface area (Å²) in [5.41, 5.74) is 0.417. The number of amides is 1. The lowest BCUT2D eigenvalue weighted by Gasteiger charge is -2.31. The van der Waals surface area contributed by atoms with Crippen LogP contribution in [0.4, 0.5) is 0 Å². The van der Waals surface area contributed by atoms with E-state index >= 15 is 0 Å². The van der Waals surface area contributed by atoms with Crippen LogP contribution in [-0.4, -0.2) is 67.6 Å². The summed E-state index contributed by atoms with van der Waals surface area (Å²) < 4.78 is 15.9. The summed E-state index contributed by atoms with van der Waals surface area (Å²) >= 11 is 0. The van der Waals surface area contributed by atoms with E-state index in [1.807, 2.05) is 0 Å². The van der Waals surface area contributed by atoms with Crippen molar-refractivity contribution in [3.8, 4) is 17.2 Å². The van der Waals surface area contributed by atoms with Crippen LogP contribution in [0.15, 0.2) is 12.1 Å². The summed E-state index contributed by atoms with van der Waals surface area (Å²) in [5, 5.41) is 19.7. The molecule has 25 heavy (non-hydrogen) atoms. The third kappa shape index (κ3) is 3.26. The van der Waals surface area contributed by atoms with Gasteiger partial charge in [-0.05, 0) is 24.7 Å². The molecule has 0 aromatic heterocycles. The maximum atomic E-state index is 13.0. The molecule has 0 radical (unpaired) electrons. The van der Waals surface area contributed by atoms with Crippen molar-refractivity contribution in [1.82, 2.24) is 4.90 Å². The Morgan fingerprint density at radius 2 is 1.40 bits per heavy atom. The van der Waals surface area contributed by atoms with Crippen molar-refractivity contribution < 1.29 is 29.2 Å². The van der Waals surface area contributed by atoms with Gasteiger partial charge < -0.3 is 29.3 Å². The molecule has 0 spiro atoms. The molecule has 138 valence electrons. The standard InChI is InChI=1S/C18H25NO6/c1-23-15-7-17(25-3)16(24-2)6-12(15)18(22)19-8-10-4-13(20)14(21)5-11(10)9-19/h6-7,10-11,13-14,20-21H,4-5,8-9H2,1-3H3. The minimum atomic E-state index is -0.702. The molecule has 2 aliphatic rings. The summed E-state index contributed by atoms with van der Waals surface area (Å²) in [6, 6.07) is 3.27. The number of aliphatic hydroxyl groups excluding tert-OH is 2. The highest BCUT2D eigenvalue weighted by atomic mass is 16.5. The number of nitrogens with zero attached hydrogens (tertiary/aromatic N) is 1. The molecule has 2 fully saturated rings. The Hall–Kier alpha value is -1.99. The number of fused-ring (bicyclic) bond motifs is 1. The first kappa shape index (κ1) is 17.8. The summed E-state index contributed by atoms with van der Waals surface area (Å²) in [5.74, 6) is 1.68. The monoisotopic (exact) mass is 351 g/mol. The zero-order chi connectivity index (χ0) is 18.1. The quantitative estimate of drug-likeness (QED) is 0.839. The number of carbonyl (C=O) groups excluding carboxylic acids is 1. The highest BCUT2D eigenvalue weighted by Gasteiger charge is 2.43. The fourth-order valence-electron chi connectivity index (χ4n) is 3.94. The molecule has 1 saturated heterocycles. The van der Waals surface area contributed by atoms with Crippen molar-refractivity contribution in [2.24, 2.45) is 11.8 Å². The van der Waals surface area contributed by atoms with Gasteiger partial charge in [0.2, 0.25) is 0 Å². The van der Waals surface area contributed by atoms with Gasteiger partial charge in [0.05, 0.1) is 39.1 Å². The van der Waals surface area contributed by atoms with Crippen LogP contribution in [-0.2, 0) is 0 Å². The molecule has 0 bridgehead atoms. The fourth-order valence-corrected chi connectivity index (χ4v) is 3.94. The molecule has 2 N–H and O–H groups in total. The largest absolute Gasteiger partial charge is 0.496 e. The number of ether oxygens (including phenoxy) is 3. The highest BCUT2D eigenvalue weighted by Crippen LogP contribution is 2.39. The molecule has 1 aromatic rings. The zero-order valence-electron chi connectivity index (χ0n) is 14.8. The second-order valence-corrected chi connectivity index (χ2v) is 6.74. The summed E-state index contributed by atoms with van der Waals surface area (Å²) in [4.78, 5) is 14.8. The van der Waals surface area contributed by atoms with E-state index in [1.54, 1.807) is 17.0 Å². The van der Waals surface area contributed by atoms with E-state index in [2.05, 4.69) is 0 Å². The maximum Gasteiger partial charge on any atom is 0.257 e. The lowest BCUT2D eigenvalue weighted by molar-refractivity contribution is -0.0372. The van der Waals surface area contributed by atoms with Gasteiger partial charge in [-0.3, -0.25) is 4.79 Å². The lowest BCUT2D eigenvalue weighted by atomic mass is 9.79.